The number of fused-ring (bicyclic) bond motifs is 1. The summed E-state index contributed by atoms with van der Waals surface area (Å²) in [6.45, 7) is 4.36. The highest BCUT2D eigenvalue weighted by Gasteiger charge is 2.47. The molecule has 2 N–H and O–H groups in total. The summed E-state index contributed by atoms with van der Waals surface area (Å²) in [5.74, 6) is 1.69. The van der Waals surface area contributed by atoms with E-state index in [1.807, 2.05) is 0 Å². The van der Waals surface area contributed by atoms with Gasteiger partial charge in [-0.25, -0.2) is 4.90 Å². The number of methoxy groups -OCH3 is 1. The van der Waals surface area contributed by atoms with Gasteiger partial charge in [-0.15, -0.1) is 11.6 Å². The summed E-state index contributed by atoms with van der Waals surface area (Å²) in [5.41, 5.74) is 0. The Kier molecular flexibility index (Phi) is 8.35. The lowest BCUT2D eigenvalue weighted by atomic mass is 9.85. The van der Waals surface area contributed by atoms with Crippen LogP contribution in [0.2, 0.25) is 0 Å². The van der Waals surface area contributed by atoms with Gasteiger partial charge >= 0.3 is 5.97 Å². The van der Waals surface area contributed by atoms with Crippen molar-refractivity contribution in [2.75, 3.05) is 33.4 Å². The molecule has 172 valence electrons. The molecule has 2 saturated heterocycles. The van der Waals surface area contributed by atoms with Crippen molar-refractivity contribution in [2.24, 2.45) is 11.8 Å². The standard InChI is InChI=1S/C24H42ClN3O2/c1-30-24(29)22-14-21-23(16-27(22)13-5-8-18-6-3-2-4-7-18)28(17-26-21)15-19-9-11-20(25)12-10-19/h18-23,26H,2-17H2,1H3/p+1. The Morgan fingerprint density at radius 3 is 2.53 bits per heavy atom. The van der Waals surface area contributed by atoms with Gasteiger partial charge in [0.1, 0.15) is 18.8 Å². The highest BCUT2D eigenvalue weighted by molar-refractivity contribution is 6.20. The largest absolute Gasteiger partial charge is 0.468 e. The van der Waals surface area contributed by atoms with Crippen molar-refractivity contribution in [2.45, 2.75) is 101 Å². The summed E-state index contributed by atoms with van der Waals surface area (Å²) in [5, 5.41) is 2.88. The molecule has 0 aromatic heterocycles. The fraction of sp³-hybridized carbons (Fsp3) is 0.958. The van der Waals surface area contributed by atoms with E-state index in [1.165, 1.54) is 77.2 Å². The number of esters is 1. The van der Waals surface area contributed by atoms with Crippen molar-refractivity contribution in [3.63, 3.8) is 0 Å². The Labute approximate surface area is 188 Å². The quantitative estimate of drug-likeness (QED) is 0.488. The van der Waals surface area contributed by atoms with Crippen LogP contribution in [0.5, 0.6) is 0 Å². The van der Waals surface area contributed by atoms with E-state index in [9.17, 15) is 4.79 Å². The van der Waals surface area contributed by atoms with Gasteiger partial charge in [0.2, 0.25) is 0 Å². The zero-order valence-corrected chi connectivity index (χ0v) is 19.7. The van der Waals surface area contributed by atoms with Gasteiger partial charge < -0.3 is 10.1 Å². The SMILES string of the molecule is COC(=O)C1CC2[NH2+]CN(CC3CCC(Cl)CC3)C2CN1CCCC1CCCCC1. The second kappa shape index (κ2) is 11.0. The molecule has 4 aliphatic rings. The van der Waals surface area contributed by atoms with Gasteiger partial charge in [-0.2, -0.15) is 0 Å². The van der Waals surface area contributed by atoms with E-state index < -0.39 is 0 Å². The number of hydrogen-bond donors (Lipinski definition) is 1. The lowest BCUT2D eigenvalue weighted by molar-refractivity contribution is -0.678. The van der Waals surface area contributed by atoms with Crippen molar-refractivity contribution in [1.82, 2.24) is 9.80 Å². The van der Waals surface area contributed by atoms with Crippen molar-refractivity contribution < 1.29 is 14.8 Å². The van der Waals surface area contributed by atoms with E-state index >= 15 is 0 Å². The minimum Gasteiger partial charge on any atom is -0.468 e. The van der Waals surface area contributed by atoms with Crippen molar-refractivity contribution >= 4 is 17.6 Å². The maximum atomic E-state index is 12.6. The molecular weight excluding hydrogens is 398 g/mol. The summed E-state index contributed by atoms with van der Waals surface area (Å²) in [4.78, 5) is 17.7. The second-order valence-corrected chi connectivity index (χ2v) is 11.1. The van der Waals surface area contributed by atoms with Gasteiger partial charge in [0.15, 0.2) is 0 Å². The maximum Gasteiger partial charge on any atom is 0.323 e. The van der Waals surface area contributed by atoms with Crippen LogP contribution in [0.25, 0.3) is 0 Å². The van der Waals surface area contributed by atoms with Gasteiger partial charge in [0.25, 0.3) is 0 Å². The van der Waals surface area contributed by atoms with E-state index in [-0.39, 0.29) is 12.0 Å². The fourth-order valence-corrected chi connectivity index (χ4v) is 6.90. The molecule has 0 aromatic carbocycles. The predicted molar refractivity (Wildman–Crippen MR) is 120 cm³/mol. The summed E-state index contributed by atoms with van der Waals surface area (Å²) in [7, 11) is 1.55. The van der Waals surface area contributed by atoms with Crippen LogP contribution in [0.15, 0.2) is 0 Å². The Bertz CT molecular complexity index is 549. The number of carbonyl (C=O) groups excluding carboxylic acids is 1. The number of quaternary nitrogens is 1. The van der Waals surface area contributed by atoms with E-state index in [0.717, 1.165) is 38.0 Å². The molecule has 5 nitrogen and oxygen atoms in total. The Balaban J connectivity index is 1.32. The van der Waals surface area contributed by atoms with Crippen LogP contribution in [0, 0.1) is 11.8 Å². The third-order valence-corrected chi connectivity index (χ3v) is 8.92. The molecule has 2 aliphatic heterocycles. The Morgan fingerprint density at radius 2 is 1.80 bits per heavy atom. The first kappa shape index (κ1) is 22.8. The van der Waals surface area contributed by atoms with E-state index in [2.05, 4.69) is 15.1 Å². The lowest BCUT2D eigenvalue weighted by Crippen LogP contribution is -2.89. The van der Waals surface area contributed by atoms with Crippen LogP contribution in [0.3, 0.4) is 0 Å². The minimum absolute atomic E-state index is 0.0293. The summed E-state index contributed by atoms with van der Waals surface area (Å²) < 4.78 is 5.20. The van der Waals surface area contributed by atoms with Gasteiger partial charge in [-0.3, -0.25) is 9.69 Å². The van der Waals surface area contributed by atoms with Crippen LogP contribution < -0.4 is 5.32 Å². The molecule has 0 spiro atoms. The smallest absolute Gasteiger partial charge is 0.323 e. The first-order valence-electron chi connectivity index (χ1n) is 12.7. The first-order chi connectivity index (χ1) is 14.6. The highest BCUT2D eigenvalue weighted by atomic mass is 35.5. The maximum absolute atomic E-state index is 12.6. The minimum atomic E-state index is -0.0505. The monoisotopic (exact) mass is 440 g/mol. The average molecular weight is 441 g/mol. The normalized spacial score (nSPS) is 36.5. The predicted octanol–water partition coefficient (Wildman–Crippen LogP) is 2.97. The van der Waals surface area contributed by atoms with Crippen molar-refractivity contribution in [1.29, 1.82) is 0 Å². The summed E-state index contributed by atoms with van der Waals surface area (Å²) >= 11 is 6.32. The molecule has 0 radical (unpaired) electrons. The molecule has 6 heteroatoms. The van der Waals surface area contributed by atoms with E-state index in [0.29, 0.717) is 17.5 Å². The number of piperidine rings is 1. The van der Waals surface area contributed by atoms with E-state index in [1.54, 1.807) is 7.11 Å². The molecule has 3 atom stereocenters. The van der Waals surface area contributed by atoms with E-state index in [4.69, 9.17) is 16.3 Å². The molecule has 2 heterocycles. The highest BCUT2D eigenvalue weighted by Crippen LogP contribution is 2.31. The zero-order valence-electron chi connectivity index (χ0n) is 18.9. The van der Waals surface area contributed by atoms with Crippen LogP contribution >= 0.6 is 11.6 Å². The van der Waals surface area contributed by atoms with Gasteiger partial charge in [0.05, 0.1) is 13.2 Å². The zero-order chi connectivity index (χ0) is 20.9. The molecule has 2 aliphatic carbocycles. The van der Waals surface area contributed by atoms with Gasteiger partial charge in [0, 0.05) is 24.9 Å². The summed E-state index contributed by atoms with van der Waals surface area (Å²) in [6, 6.07) is 1.06. The van der Waals surface area contributed by atoms with Crippen LogP contribution in [0.1, 0.15) is 77.0 Å². The Morgan fingerprint density at radius 1 is 1.03 bits per heavy atom. The van der Waals surface area contributed by atoms with Crippen LogP contribution in [-0.4, -0.2) is 72.7 Å². The molecule has 0 bridgehead atoms. The molecular formula is C24H43ClN3O2+. The Hall–Kier alpha value is -0.360. The number of alkyl halides is 1. The molecule has 4 fully saturated rings. The molecule has 4 rings (SSSR count). The number of carbonyl (C=O) groups is 1. The van der Waals surface area contributed by atoms with Crippen LogP contribution in [0.4, 0.5) is 0 Å². The summed E-state index contributed by atoms with van der Waals surface area (Å²) in [6.07, 6.45) is 15.5. The molecule has 0 amide bonds. The third-order valence-electron chi connectivity index (χ3n) is 8.49. The van der Waals surface area contributed by atoms with Crippen molar-refractivity contribution in [3.8, 4) is 0 Å². The topological polar surface area (TPSA) is 49.4 Å². The number of rotatable bonds is 7. The number of ether oxygens (including phenoxy) is 1. The number of likely N-dealkylation sites (tertiary alicyclic amines) is 1. The number of nitrogens with zero attached hydrogens (tertiary/aromatic N) is 2. The number of halogens is 1. The molecule has 3 unspecified atom stereocenters. The number of hydrogen-bond acceptors (Lipinski definition) is 4. The lowest BCUT2D eigenvalue weighted by Gasteiger charge is -2.41. The third kappa shape index (κ3) is 5.70. The average Bonchev–Trinajstić information content (AvgIpc) is 3.16. The molecule has 30 heavy (non-hydrogen) atoms. The number of nitrogens with two attached hydrogens (primary N) is 1. The second-order valence-electron chi connectivity index (χ2n) is 10.5. The van der Waals surface area contributed by atoms with Crippen LogP contribution in [-0.2, 0) is 9.53 Å². The molecule has 2 saturated carbocycles. The fourth-order valence-electron chi connectivity index (χ4n) is 6.65. The van der Waals surface area contributed by atoms with Crippen molar-refractivity contribution in [3.05, 3.63) is 0 Å². The first-order valence-corrected chi connectivity index (χ1v) is 13.1. The van der Waals surface area contributed by atoms with Gasteiger partial charge in [-0.1, -0.05) is 32.1 Å². The molecule has 0 aromatic rings. The van der Waals surface area contributed by atoms with Gasteiger partial charge in [-0.05, 0) is 56.9 Å².